The number of ether oxygens (including phenoxy) is 1. The Kier molecular flexibility index (Phi) is 7.13. The van der Waals surface area contributed by atoms with Gasteiger partial charge in [0.1, 0.15) is 6.54 Å². The molecule has 0 aromatic heterocycles. The SMILES string of the molecule is Cc1ccc(S(=O)(=O)NCC(=O)OCC(=O)Nc2ccc(N(C)C)cc2)cc1. The van der Waals surface area contributed by atoms with Gasteiger partial charge < -0.3 is 15.0 Å². The van der Waals surface area contributed by atoms with E-state index >= 15 is 0 Å². The molecule has 9 heteroatoms. The molecule has 1 amide bonds. The van der Waals surface area contributed by atoms with Crippen molar-refractivity contribution in [2.45, 2.75) is 11.8 Å². The summed E-state index contributed by atoms with van der Waals surface area (Å²) in [6, 6.07) is 13.3. The number of esters is 1. The topological polar surface area (TPSA) is 105 Å². The second-order valence-corrected chi connectivity index (χ2v) is 8.05. The second kappa shape index (κ2) is 9.34. The molecule has 8 nitrogen and oxygen atoms in total. The predicted molar refractivity (Wildman–Crippen MR) is 107 cm³/mol. The Labute approximate surface area is 164 Å². The highest BCUT2D eigenvalue weighted by molar-refractivity contribution is 7.89. The minimum Gasteiger partial charge on any atom is -0.455 e. The number of hydrogen-bond donors (Lipinski definition) is 2. The van der Waals surface area contributed by atoms with Crippen LogP contribution in [0.5, 0.6) is 0 Å². The van der Waals surface area contributed by atoms with Gasteiger partial charge in [-0.3, -0.25) is 9.59 Å². The minimum atomic E-state index is -3.83. The molecule has 0 heterocycles. The summed E-state index contributed by atoms with van der Waals surface area (Å²) in [6.45, 7) is 0.754. The number of benzene rings is 2. The zero-order valence-electron chi connectivity index (χ0n) is 15.9. The number of nitrogens with zero attached hydrogens (tertiary/aromatic N) is 1. The van der Waals surface area contributed by atoms with Crippen LogP contribution in [0.3, 0.4) is 0 Å². The molecule has 28 heavy (non-hydrogen) atoms. The lowest BCUT2D eigenvalue weighted by Crippen LogP contribution is -2.32. The van der Waals surface area contributed by atoms with Gasteiger partial charge in [0, 0.05) is 25.5 Å². The van der Waals surface area contributed by atoms with Crippen LogP contribution in [0.2, 0.25) is 0 Å². The van der Waals surface area contributed by atoms with Gasteiger partial charge in [-0.2, -0.15) is 4.72 Å². The number of anilines is 2. The molecule has 150 valence electrons. The van der Waals surface area contributed by atoms with Gasteiger partial charge in [0.15, 0.2) is 6.61 Å². The first-order valence-corrected chi connectivity index (χ1v) is 9.95. The van der Waals surface area contributed by atoms with E-state index in [4.69, 9.17) is 4.74 Å². The van der Waals surface area contributed by atoms with Crippen molar-refractivity contribution in [3.8, 4) is 0 Å². The molecule has 0 unspecified atom stereocenters. The lowest BCUT2D eigenvalue weighted by atomic mass is 10.2. The summed E-state index contributed by atoms with van der Waals surface area (Å²) in [5.41, 5.74) is 2.46. The molecule has 2 aromatic rings. The predicted octanol–water partition coefficient (Wildman–Crippen LogP) is 1.52. The molecule has 0 bridgehead atoms. The Morgan fingerprint density at radius 3 is 2.18 bits per heavy atom. The number of rotatable bonds is 8. The van der Waals surface area contributed by atoms with E-state index in [9.17, 15) is 18.0 Å². The smallest absolute Gasteiger partial charge is 0.321 e. The molecule has 0 aliphatic heterocycles. The van der Waals surface area contributed by atoms with Gasteiger partial charge in [-0.1, -0.05) is 17.7 Å². The van der Waals surface area contributed by atoms with Crippen molar-refractivity contribution in [3.63, 3.8) is 0 Å². The number of nitrogens with one attached hydrogen (secondary N) is 2. The van der Waals surface area contributed by atoms with Crippen molar-refractivity contribution >= 4 is 33.3 Å². The van der Waals surface area contributed by atoms with E-state index in [2.05, 4.69) is 10.0 Å². The van der Waals surface area contributed by atoms with Crippen molar-refractivity contribution in [1.82, 2.24) is 4.72 Å². The van der Waals surface area contributed by atoms with Gasteiger partial charge in [-0.25, -0.2) is 8.42 Å². The Morgan fingerprint density at radius 1 is 1.00 bits per heavy atom. The van der Waals surface area contributed by atoms with Gasteiger partial charge >= 0.3 is 5.97 Å². The average molecular weight is 405 g/mol. The third kappa shape index (κ3) is 6.36. The summed E-state index contributed by atoms with van der Waals surface area (Å²) in [5.74, 6) is -1.37. The second-order valence-electron chi connectivity index (χ2n) is 6.29. The fourth-order valence-electron chi connectivity index (χ4n) is 2.19. The highest BCUT2D eigenvalue weighted by Gasteiger charge is 2.16. The molecule has 0 spiro atoms. The number of aryl methyl sites for hydroxylation is 1. The van der Waals surface area contributed by atoms with Crippen LogP contribution in [-0.4, -0.2) is 47.5 Å². The zero-order valence-corrected chi connectivity index (χ0v) is 16.7. The van der Waals surface area contributed by atoms with Crippen LogP contribution in [0.25, 0.3) is 0 Å². The van der Waals surface area contributed by atoms with Crippen LogP contribution in [0.15, 0.2) is 53.4 Å². The van der Waals surface area contributed by atoms with Gasteiger partial charge in [-0.15, -0.1) is 0 Å². The van der Waals surface area contributed by atoms with Crippen LogP contribution >= 0.6 is 0 Å². The molecule has 0 atom stereocenters. The molecule has 0 saturated heterocycles. The maximum atomic E-state index is 12.1. The quantitative estimate of drug-likeness (QED) is 0.645. The van der Waals surface area contributed by atoms with E-state index in [1.807, 2.05) is 38.1 Å². The van der Waals surface area contributed by atoms with Gasteiger partial charge in [0.2, 0.25) is 10.0 Å². The fourth-order valence-corrected chi connectivity index (χ4v) is 3.16. The van der Waals surface area contributed by atoms with Gasteiger partial charge in [0.25, 0.3) is 5.91 Å². The summed E-state index contributed by atoms with van der Waals surface area (Å²) in [7, 11) is -0.0200. The van der Waals surface area contributed by atoms with Crippen LogP contribution < -0.4 is 14.9 Å². The summed E-state index contributed by atoms with van der Waals surface area (Å²) >= 11 is 0. The number of hydrogen-bond acceptors (Lipinski definition) is 6. The van der Waals surface area contributed by atoms with E-state index in [0.29, 0.717) is 5.69 Å². The first-order chi connectivity index (χ1) is 13.2. The van der Waals surface area contributed by atoms with Crippen LogP contribution in [0.1, 0.15) is 5.56 Å². The molecular weight excluding hydrogens is 382 g/mol. The summed E-state index contributed by atoms with van der Waals surface area (Å²) < 4.78 is 31.2. The third-order valence-corrected chi connectivity index (χ3v) is 5.19. The third-order valence-electron chi connectivity index (χ3n) is 3.77. The number of carbonyl (C=O) groups excluding carboxylic acids is 2. The van der Waals surface area contributed by atoms with Crippen LogP contribution in [0, 0.1) is 6.92 Å². The molecule has 0 aliphatic rings. The standard InChI is InChI=1S/C19H23N3O5S/c1-14-4-10-17(11-5-14)28(25,26)20-12-19(24)27-13-18(23)21-15-6-8-16(9-7-15)22(2)3/h4-11,20H,12-13H2,1-3H3,(H,21,23). The molecule has 0 fully saturated rings. The molecule has 0 saturated carbocycles. The highest BCUT2D eigenvalue weighted by atomic mass is 32.2. The first-order valence-electron chi connectivity index (χ1n) is 8.46. The number of amides is 1. The lowest BCUT2D eigenvalue weighted by Gasteiger charge is -2.13. The van der Waals surface area contributed by atoms with Crippen LogP contribution in [0.4, 0.5) is 11.4 Å². The lowest BCUT2D eigenvalue weighted by molar-refractivity contribution is -0.146. The van der Waals surface area contributed by atoms with E-state index in [-0.39, 0.29) is 4.90 Å². The highest BCUT2D eigenvalue weighted by Crippen LogP contribution is 2.15. The summed E-state index contributed by atoms with van der Waals surface area (Å²) in [5, 5.41) is 2.59. The maximum absolute atomic E-state index is 12.1. The largest absolute Gasteiger partial charge is 0.455 e. The van der Waals surface area contributed by atoms with Crippen LogP contribution in [-0.2, 0) is 24.3 Å². The monoisotopic (exact) mass is 405 g/mol. The normalized spacial score (nSPS) is 11.0. The molecule has 2 N–H and O–H groups in total. The Morgan fingerprint density at radius 2 is 1.61 bits per heavy atom. The van der Waals surface area contributed by atoms with E-state index in [1.165, 1.54) is 12.1 Å². The van der Waals surface area contributed by atoms with Crippen molar-refractivity contribution < 1.29 is 22.7 Å². The number of carbonyl (C=O) groups is 2. The molecule has 2 aromatic carbocycles. The number of sulfonamides is 1. The minimum absolute atomic E-state index is 0.0461. The maximum Gasteiger partial charge on any atom is 0.321 e. The van der Waals surface area contributed by atoms with E-state index in [0.717, 1.165) is 11.3 Å². The molecular formula is C19H23N3O5S. The van der Waals surface area contributed by atoms with Gasteiger partial charge in [0.05, 0.1) is 4.90 Å². The Bertz CT molecular complexity index is 923. The first kappa shape index (κ1) is 21.4. The molecule has 0 aliphatic carbocycles. The van der Waals surface area contributed by atoms with Crippen molar-refractivity contribution in [3.05, 3.63) is 54.1 Å². The van der Waals surface area contributed by atoms with Crippen molar-refractivity contribution in [1.29, 1.82) is 0 Å². The van der Waals surface area contributed by atoms with Crippen molar-refractivity contribution in [2.24, 2.45) is 0 Å². The van der Waals surface area contributed by atoms with E-state index < -0.39 is 35.1 Å². The Hall–Kier alpha value is -2.91. The summed E-state index contributed by atoms with van der Waals surface area (Å²) in [4.78, 5) is 25.5. The van der Waals surface area contributed by atoms with Crippen molar-refractivity contribution in [2.75, 3.05) is 37.5 Å². The summed E-state index contributed by atoms with van der Waals surface area (Å²) in [6.07, 6.45) is 0. The van der Waals surface area contributed by atoms with E-state index in [1.54, 1.807) is 24.3 Å². The molecule has 2 rings (SSSR count). The Balaban J connectivity index is 1.78. The fraction of sp³-hybridized carbons (Fsp3) is 0.263. The molecule has 0 radical (unpaired) electrons. The zero-order chi connectivity index (χ0) is 20.7. The van der Waals surface area contributed by atoms with Gasteiger partial charge in [-0.05, 0) is 43.3 Å². The average Bonchev–Trinajstić information content (AvgIpc) is 2.65.